The van der Waals surface area contributed by atoms with Gasteiger partial charge in [0.15, 0.2) is 0 Å². The van der Waals surface area contributed by atoms with E-state index in [1.165, 1.54) is 0 Å². The zero-order valence-electron chi connectivity index (χ0n) is 13.8. The number of nitro groups is 1. The summed E-state index contributed by atoms with van der Waals surface area (Å²) in [5.41, 5.74) is 3.14. The molecule has 1 aromatic rings. The number of benzene rings is 1. The van der Waals surface area contributed by atoms with Crippen LogP contribution in [0.2, 0.25) is 0 Å². The van der Waals surface area contributed by atoms with E-state index in [4.69, 9.17) is 10.5 Å². The second kappa shape index (κ2) is 7.87. The summed E-state index contributed by atoms with van der Waals surface area (Å²) < 4.78 is 43.1. The van der Waals surface area contributed by atoms with E-state index in [0.29, 0.717) is 32.1 Å². The first kappa shape index (κ1) is 19.9. The third kappa shape index (κ3) is 4.82. The lowest BCUT2D eigenvalue weighted by molar-refractivity contribution is -0.384. The molecule has 0 saturated carbocycles. The number of amides is 1. The number of hydrogen-bond acceptors (Lipinski definition) is 6. The number of carbonyl (C=O) groups excluding carboxylic acids is 1. The quantitative estimate of drug-likeness (QED) is 0.395. The highest BCUT2D eigenvalue weighted by atomic mass is 19.4. The molecule has 1 aromatic carbocycles. The minimum absolute atomic E-state index is 0.0641. The molecule has 1 amide bonds. The number of carbonyl (C=O) groups is 1. The molecule has 0 unspecified atom stereocenters. The normalized spacial score (nSPS) is 16.8. The SMILES string of the molecule is NC1(C(=O)NCCNc2ccc(C(F)(F)F)cc2[N+](=O)[O-])CCOCC1. The third-order valence-corrected chi connectivity index (χ3v) is 4.08. The van der Waals surface area contributed by atoms with Crippen LogP contribution in [0.15, 0.2) is 18.2 Å². The van der Waals surface area contributed by atoms with Gasteiger partial charge in [0.2, 0.25) is 5.91 Å². The lowest BCUT2D eigenvalue weighted by Gasteiger charge is -2.31. The van der Waals surface area contributed by atoms with E-state index in [1.807, 2.05) is 0 Å². The zero-order chi connectivity index (χ0) is 19.4. The van der Waals surface area contributed by atoms with Crippen molar-refractivity contribution in [3.05, 3.63) is 33.9 Å². The van der Waals surface area contributed by atoms with Crippen LogP contribution in [-0.4, -0.2) is 42.7 Å². The molecule has 1 saturated heterocycles. The molecular weight excluding hydrogens is 357 g/mol. The number of nitrogens with two attached hydrogens (primary N) is 1. The second-order valence-electron chi connectivity index (χ2n) is 5.94. The van der Waals surface area contributed by atoms with Crippen molar-refractivity contribution in [3.63, 3.8) is 0 Å². The molecule has 8 nitrogen and oxygen atoms in total. The van der Waals surface area contributed by atoms with Gasteiger partial charge in [-0.15, -0.1) is 0 Å². The van der Waals surface area contributed by atoms with E-state index in [0.717, 1.165) is 12.1 Å². The molecule has 4 N–H and O–H groups in total. The van der Waals surface area contributed by atoms with E-state index in [1.54, 1.807) is 0 Å². The number of alkyl halides is 3. The molecule has 0 radical (unpaired) electrons. The molecular formula is C15H19F3N4O4. The van der Waals surface area contributed by atoms with Crippen LogP contribution in [0.25, 0.3) is 0 Å². The number of nitro benzene ring substituents is 1. The Kier molecular flexibility index (Phi) is 6.03. The lowest BCUT2D eigenvalue weighted by atomic mass is 9.90. The average Bonchev–Trinajstić information content (AvgIpc) is 2.58. The summed E-state index contributed by atoms with van der Waals surface area (Å²) in [4.78, 5) is 22.2. The number of rotatable bonds is 6. The summed E-state index contributed by atoms with van der Waals surface area (Å²) in [5, 5.41) is 16.3. The van der Waals surface area contributed by atoms with Gasteiger partial charge < -0.3 is 21.1 Å². The number of halogens is 3. The van der Waals surface area contributed by atoms with Gasteiger partial charge in [-0.3, -0.25) is 14.9 Å². The van der Waals surface area contributed by atoms with Crippen LogP contribution in [0.5, 0.6) is 0 Å². The maximum absolute atomic E-state index is 12.7. The van der Waals surface area contributed by atoms with Gasteiger partial charge in [-0.2, -0.15) is 13.2 Å². The zero-order valence-corrected chi connectivity index (χ0v) is 13.8. The number of nitrogens with one attached hydrogen (secondary N) is 2. The van der Waals surface area contributed by atoms with Crippen LogP contribution in [-0.2, 0) is 15.7 Å². The highest BCUT2D eigenvalue weighted by Gasteiger charge is 2.35. The Bertz CT molecular complexity index is 675. The Hall–Kier alpha value is -2.40. The molecule has 1 aliphatic heterocycles. The van der Waals surface area contributed by atoms with Gasteiger partial charge in [0.05, 0.1) is 16.0 Å². The number of ether oxygens (including phenoxy) is 1. The van der Waals surface area contributed by atoms with Gasteiger partial charge in [0.1, 0.15) is 5.69 Å². The van der Waals surface area contributed by atoms with Crippen molar-refractivity contribution < 1.29 is 27.6 Å². The summed E-state index contributed by atoms with van der Waals surface area (Å²) in [6, 6.07) is 2.22. The molecule has 11 heteroatoms. The van der Waals surface area contributed by atoms with E-state index >= 15 is 0 Å². The van der Waals surface area contributed by atoms with Crippen LogP contribution in [0, 0.1) is 10.1 Å². The molecule has 26 heavy (non-hydrogen) atoms. The van der Waals surface area contributed by atoms with E-state index in [-0.39, 0.29) is 24.7 Å². The molecule has 0 atom stereocenters. The Balaban J connectivity index is 1.93. The monoisotopic (exact) mass is 376 g/mol. The fourth-order valence-corrected chi connectivity index (χ4v) is 2.52. The fraction of sp³-hybridized carbons (Fsp3) is 0.533. The Morgan fingerprint density at radius 3 is 2.54 bits per heavy atom. The molecule has 1 heterocycles. The fourth-order valence-electron chi connectivity index (χ4n) is 2.52. The number of anilines is 1. The average molecular weight is 376 g/mol. The van der Waals surface area contributed by atoms with Crippen molar-refractivity contribution in [2.45, 2.75) is 24.6 Å². The maximum atomic E-state index is 12.7. The molecule has 0 aliphatic carbocycles. The lowest BCUT2D eigenvalue weighted by Crippen LogP contribution is -2.57. The number of nitrogens with zero attached hydrogens (tertiary/aromatic N) is 1. The minimum atomic E-state index is -4.67. The van der Waals surface area contributed by atoms with Gasteiger partial charge in [-0.25, -0.2) is 0 Å². The maximum Gasteiger partial charge on any atom is 0.416 e. The largest absolute Gasteiger partial charge is 0.416 e. The van der Waals surface area contributed by atoms with Crippen molar-refractivity contribution in [1.82, 2.24) is 5.32 Å². The Labute approximate surface area is 147 Å². The topological polar surface area (TPSA) is 120 Å². The molecule has 0 aromatic heterocycles. The molecule has 2 rings (SSSR count). The van der Waals surface area contributed by atoms with E-state index in [9.17, 15) is 28.1 Å². The summed E-state index contributed by atoms with van der Waals surface area (Å²) >= 11 is 0. The van der Waals surface area contributed by atoms with Crippen LogP contribution < -0.4 is 16.4 Å². The predicted molar refractivity (Wildman–Crippen MR) is 86.6 cm³/mol. The van der Waals surface area contributed by atoms with Crippen LogP contribution in [0.3, 0.4) is 0 Å². The van der Waals surface area contributed by atoms with Crippen molar-refractivity contribution in [3.8, 4) is 0 Å². The molecule has 144 valence electrons. The summed E-state index contributed by atoms with van der Waals surface area (Å²) in [5.74, 6) is -0.357. The molecule has 0 spiro atoms. The van der Waals surface area contributed by atoms with Crippen molar-refractivity contribution >= 4 is 17.3 Å². The first-order valence-corrected chi connectivity index (χ1v) is 7.88. The van der Waals surface area contributed by atoms with Crippen LogP contribution in [0.1, 0.15) is 18.4 Å². The Morgan fingerprint density at radius 2 is 1.96 bits per heavy atom. The first-order valence-electron chi connectivity index (χ1n) is 7.88. The molecule has 1 aliphatic rings. The van der Waals surface area contributed by atoms with E-state index in [2.05, 4.69) is 10.6 Å². The smallest absolute Gasteiger partial charge is 0.381 e. The van der Waals surface area contributed by atoms with Crippen molar-refractivity contribution in [2.24, 2.45) is 5.73 Å². The minimum Gasteiger partial charge on any atom is -0.381 e. The van der Waals surface area contributed by atoms with Gasteiger partial charge in [-0.05, 0) is 25.0 Å². The predicted octanol–water partition coefficient (Wildman–Crippen LogP) is 1.65. The standard InChI is InChI=1S/C15H19F3N4O4/c16-15(17,18)10-1-2-11(12(9-10)22(24)25)20-5-6-21-13(23)14(19)3-7-26-8-4-14/h1-2,9,20H,3-8,19H2,(H,21,23). The third-order valence-electron chi connectivity index (χ3n) is 4.08. The summed E-state index contributed by atoms with van der Waals surface area (Å²) in [7, 11) is 0. The molecule has 0 bridgehead atoms. The van der Waals surface area contributed by atoms with Crippen LogP contribution >= 0.6 is 0 Å². The second-order valence-corrected chi connectivity index (χ2v) is 5.94. The molecule has 1 fully saturated rings. The summed E-state index contributed by atoms with van der Waals surface area (Å²) in [6.07, 6.45) is -3.90. The summed E-state index contributed by atoms with van der Waals surface area (Å²) in [6.45, 7) is 0.973. The van der Waals surface area contributed by atoms with Gasteiger partial charge in [0.25, 0.3) is 5.69 Å². The van der Waals surface area contributed by atoms with Crippen LogP contribution in [0.4, 0.5) is 24.5 Å². The van der Waals surface area contributed by atoms with Gasteiger partial charge >= 0.3 is 6.18 Å². The first-order chi connectivity index (χ1) is 12.1. The Morgan fingerprint density at radius 1 is 1.31 bits per heavy atom. The van der Waals surface area contributed by atoms with Gasteiger partial charge in [0, 0.05) is 32.4 Å². The number of hydrogen-bond donors (Lipinski definition) is 3. The highest BCUT2D eigenvalue weighted by molar-refractivity contribution is 5.86. The van der Waals surface area contributed by atoms with Crippen molar-refractivity contribution in [1.29, 1.82) is 0 Å². The van der Waals surface area contributed by atoms with Gasteiger partial charge in [-0.1, -0.05) is 0 Å². The van der Waals surface area contributed by atoms with Crippen molar-refractivity contribution in [2.75, 3.05) is 31.6 Å². The highest BCUT2D eigenvalue weighted by Crippen LogP contribution is 2.34. The van der Waals surface area contributed by atoms with E-state index < -0.39 is 27.9 Å².